The van der Waals surface area contributed by atoms with E-state index in [9.17, 15) is 4.79 Å². The molecule has 2 aromatic rings. The van der Waals surface area contributed by atoms with Crippen molar-refractivity contribution in [1.82, 2.24) is 9.88 Å². The van der Waals surface area contributed by atoms with Gasteiger partial charge in [-0.2, -0.15) is 0 Å². The fraction of sp³-hybridized carbons (Fsp3) is 0.412. The average Bonchev–Trinajstić information content (AvgIpc) is 3.07. The summed E-state index contributed by atoms with van der Waals surface area (Å²) in [4.78, 5) is 18.4. The van der Waals surface area contributed by atoms with E-state index in [-0.39, 0.29) is 18.9 Å². The third-order valence-corrected chi connectivity index (χ3v) is 4.56. The first-order chi connectivity index (χ1) is 11.6. The summed E-state index contributed by atoms with van der Waals surface area (Å²) in [7, 11) is 3.19. The molecule has 0 saturated carbocycles. The van der Waals surface area contributed by atoms with E-state index in [2.05, 4.69) is 4.98 Å². The number of hydrogen-bond acceptors (Lipinski definition) is 6. The lowest BCUT2D eigenvalue weighted by Crippen LogP contribution is -2.34. The molecule has 1 aromatic carbocycles. The van der Waals surface area contributed by atoms with Gasteiger partial charge in [-0.3, -0.25) is 4.79 Å². The number of rotatable bonds is 8. The smallest absolute Gasteiger partial charge is 0.228 e. The Balaban J connectivity index is 2.14. The molecule has 7 heteroatoms. The second-order valence-corrected chi connectivity index (χ2v) is 5.95. The van der Waals surface area contributed by atoms with Gasteiger partial charge in [0.15, 0.2) is 11.5 Å². The first kappa shape index (κ1) is 18.2. The van der Waals surface area contributed by atoms with Crippen LogP contribution in [0.4, 0.5) is 0 Å². The zero-order chi connectivity index (χ0) is 17.5. The van der Waals surface area contributed by atoms with E-state index in [1.807, 2.05) is 30.5 Å². The molecule has 0 aliphatic carbocycles. The quantitative estimate of drug-likeness (QED) is 0.790. The number of thiazole rings is 1. The summed E-state index contributed by atoms with van der Waals surface area (Å²) in [5.74, 6) is 1.27. The predicted molar refractivity (Wildman–Crippen MR) is 93.7 cm³/mol. The molecule has 0 bridgehead atoms. The highest BCUT2D eigenvalue weighted by Gasteiger charge is 2.15. The number of aliphatic hydroxyl groups is 1. The van der Waals surface area contributed by atoms with Gasteiger partial charge in [0.25, 0.3) is 0 Å². The molecule has 0 spiro atoms. The van der Waals surface area contributed by atoms with Crippen LogP contribution in [0, 0.1) is 0 Å². The van der Waals surface area contributed by atoms with E-state index in [1.165, 1.54) is 11.3 Å². The molecule has 1 N–H and O–H groups in total. The zero-order valence-electron chi connectivity index (χ0n) is 14.1. The molecule has 0 radical (unpaired) electrons. The van der Waals surface area contributed by atoms with Crippen molar-refractivity contribution in [3.8, 4) is 22.1 Å². The Morgan fingerprint density at radius 3 is 2.67 bits per heavy atom. The lowest BCUT2D eigenvalue weighted by atomic mass is 10.2. The molecular formula is C17H22N2O4S. The second-order valence-electron chi connectivity index (χ2n) is 5.09. The van der Waals surface area contributed by atoms with Crippen molar-refractivity contribution in [3.05, 3.63) is 29.3 Å². The van der Waals surface area contributed by atoms with Gasteiger partial charge in [-0.05, 0) is 25.1 Å². The summed E-state index contributed by atoms with van der Waals surface area (Å²) in [6.07, 6.45) is 0.234. The van der Waals surface area contributed by atoms with Crippen LogP contribution in [-0.4, -0.2) is 54.8 Å². The summed E-state index contributed by atoms with van der Waals surface area (Å²) in [6.45, 7) is 2.78. The maximum atomic E-state index is 12.2. The van der Waals surface area contributed by atoms with Gasteiger partial charge in [0, 0.05) is 24.0 Å². The maximum Gasteiger partial charge on any atom is 0.228 e. The van der Waals surface area contributed by atoms with Crippen LogP contribution in [-0.2, 0) is 11.2 Å². The average molecular weight is 350 g/mol. The molecule has 2 rings (SSSR count). The molecule has 0 aliphatic rings. The molecular weight excluding hydrogens is 328 g/mol. The SMILES string of the molecule is CCN(CCO)C(=O)Cc1csc(-c2ccc(OC)c(OC)c2)n1. The van der Waals surface area contributed by atoms with E-state index < -0.39 is 0 Å². The Morgan fingerprint density at radius 1 is 1.29 bits per heavy atom. The largest absolute Gasteiger partial charge is 0.493 e. The topological polar surface area (TPSA) is 71.9 Å². The number of ether oxygens (including phenoxy) is 2. The molecule has 1 aromatic heterocycles. The number of aliphatic hydroxyl groups excluding tert-OH is 1. The summed E-state index contributed by atoms with van der Waals surface area (Å²) in [5, 5.41) is 11.7. The highest BCUT2D eigenvalue weighted by atomic mass is 32.1. The van der Waals surface area contributed by atoms with Gasteiger partial charge < -0.3 is 19.5 Å². The third kappa shape index (κ3) is 4.24. The Bertz CT molecular complexity index is 687. The van der Waals surface area contributed by atoms with Gasteiger partial charge in [-0.25, -0.2) is 4.98 Å². The molecule has 0 saturated heterocycles. The number of carbonyl (C=O) groups is 1. The van der Waals surface area contributed by atoms with Crippen LogP contribution in [0.1, 0.15) is 12.6 Å². The van der Waals surface area contributed by atoms with Gasteiger partial charge in [0.1, 0.15) is 5.01 Å². The van der Waals surface area contributed by atoms with Crippen LogP contribution in [0.2, 0.25) is 0 Å². The summed E-state index contributed by atoms with van der Waals surface area (Å²) in [5.41, 5.74) is 1.64. The van der Waals surface area contributed by atoms with E-state index in [1.54, 1.807) is 19.1 Å². The number of carbonyl (C=O) groups excluding carboxylic acids is 1. The van der Waals surface area contributed by atoms with Crippen molar-refractivity contribution in [2.45, 2.75) is 13.3 Å². The van der Waals surface area contributed by atoms with Gasteiger partial charge >= 0.3 is 0 Å². The monoisotopic (exact) mass is 350 g/mol. The Kier molecular flexibility index (Phi) is 6.57. The fourth-order valence-corrected chi connectivity index (χ4v) is 3.15. The molecule has 0 fully saturated rings. The van der Waals surface area contributed by atoms with Gasteiger partial charge in [-0.1, -0.05) is 0 Å². The summed E-state index contributed by atoms with van der Waals surface area (Å²) >= 11 is 1.48. The number of methoxy groups -OCH3 is 2. The van der Waals surface area contributed by atoms with Crippen LogP contribution < -0.4 is 9.47 Å². The van der Waals surface area contributed by atoms with Crippen molar-refractivity contribution in [1.29, 1.82) is 0 Å². The standard InChI is InChI=1S/C17H22N2O4S/c1-4-19(7-8-20)16(21)10-13-11-24-17(18-13)12-5-6-14(22-2)15(9-12)23-3/h5-6,9,11,20H,4,7-8,10H2,1-3H3. The molecule has 6 nitrogen and oxygen atoms in total. The molecule has 1 heterocycles. The Morgan fingerprint density at radius 2 is 2.04 bits per heavy atom. The maximum absolute atomic E-state index is 12.2. The van der Waals surface area contributed by atoms with Gasteiger partial charge in [-0.15, -0.1) is 11.3 Å². The zero-order valence-corrected chi connectivity index (χ0v) is 14.9. The second kappa shape index (κ2) is 8.65. The molecule has 24 heavy (non-hydrogen) atoms. The van der Waals surface area contributed by atoms with Gasteiger partial charge in [0.05, 0.1) is 32.9 Å². The minimum absolute atomic E-state index is 0.0317. The molecule has 0 atom stereocenters. The van der Waals surface area contributed by atoms with E-state index in [0.29, 0.717) is 24.6 Å². The lowest BCUT2D eigenvalue weighted by molar-refractivity contribution is -0.130. The van der Waals surface area contributed by atoms with E-state index >= 15 is 0 Å². The van der Waals surface area contributed by atoms with Crippen molar-refractivity contribution in [3.63, 3.8) is 0 Å². The Hall–Kier alpha value is -2.12. The number of aromatic nitrogens is 1. The summed E-state index contributed by atoms with van der Waals surface area (Å²) < 4.78 is 10.5. The fourth-order valence-electron chi connectivity index (χ4n) is 2.34. The number of likely N-dealkylation sites (N-methyl/N-ethyl adjacent to an activating group) is 1. The summed E-state index contributed by atoms with van der Waals surface area (Å²) in [6, 6.07) is 5.61. The van der Waals surface area contributed by atoms with Gasteiger partial charge in [0.2, 0.25) is 5.91 Å². The minimum atomic E-state index is -0.0342. The highest BCUT2D eigenvalue weighted by molar-refractivity contribution is 7.13. The van der Waals surface area contributed by atoms with Crippen molar-refractivity contribution in [2.75, 3.05) is 33.9 Å². The predicted octanol–water partition coefficient (Wildman–Crippen LogP) is 2.21. The van der Waals surface area contributed by atoms with E-state index in [0.717, 1.165) is 16.3 Å². The van der Waals surface area contributed by atoms with Crippen molar-refractivity contribution >= 4 is 17.2 Å². The van der Waals surface area contributed by atoms with Crippen LogP contribution in [0.3, 0.4) is 0 Å². The lowest BCUT2D eigenvalue weighted by Gasteiger charge is -2.18. The van der Waals surface area contributed by atoms with E-state index in [4.69, 9.17) is 14.6 Å². The normalized spacial score (nSPS) is 10.5. The van der Waals surface area contributed by atoms with Crippen LogP contribution in [0.5, 0.6) is 11.5 Å². The Labute approximate surface area is 145 Å². The van der Waals surface area contributed by atoms with Crippen molar-refractivity contribution in [2.24, 2.45) is 0 Å². The first-order valence-electron chi connectivity index (χ1n) is 7.68. The van der Waals surface area contributed by atoms with Crippen LogP contribution in [0.25, 0.3) is 10.6 Å². The molecule has 0 aliphatic heterocycles. The highest BCUT2D eigenvalue weighted by Crippen LogP contribution is 2.33. The molecule has 130 valence electrons. The molecule has 0 unspecified atom stereocenters. The van der Waals surface area contributed by atoms with Crippen LogP contribution in [0.15, 0.2) is 23.6 Å². The number of hydrogen-bond donors (Lipinski definition) is 1. The minimum Gasteiger partial charge on any atom is -0.493 e. The first-order valence-corrected chi connectivity index (χ1v) is 8.56. The number of benzene rings is 1. The van der Waals surface area contributed by atoms with Crippen LogP contribution >= 0.6 is 11.3 Å². The molecule has 1 amide bonds. The van der Waals surface area contributed by atoms with Crippen molar-refractivity contribution < 1.29 is 19.4 Å². The third-order valence-electron chi connectivity index (χ3n) is 3.62. The number of nitrogens with zero attached hydrogens (tertiary/aromatic N) is 2. The number of amides is 1.